The van der Waals surface area contributed by atoms with Crippen LogP contribution in [0, 0.1) is 0 Å². The summed E-state index contributed by atoms with van der Waals surface area (Å²) in [5, 5.41) is 9.37. The van der Waals surface area contributed by atoms with Gasteiger partial charge in [-0.2, -0.15) is 0 Å². The van der Waals surface area contributed by atoms with Gasteiger partial charge in [-0.15, -0.1) is 0 Å². The lowest BCUT2D eigenvalue weighted by Crippen LogP contribution is -2.06. The Morgan fingerprint density at radius 1 is 1.25 bits per heavy atom. The highest BCUT2D eigenvalue weighted by molar-refractivity contribution is 6.36. The van der Waals surface area contributed by atoms with Crippen LogP contribution < -0.4 is 10.5 Å². The van der Waals surface area contributed by atoms with Crippen LogP contribution in [0.5, 0.6) is 5.88 Å². The van der Waals surface area contributed by atoms with E-state index in [9.17, 15) is 4.79 Å². The molecule has 0 saturated heterocycles. The van der Waals surface area contributed by atoms with Crippen molar-refractivity contribution in [1.82, 2.24) is 4.98 Å². The number of benzene rings is 1. The number of hydrogen-bond donors (Lipinski definition) is 2. The van der Waals surface area contributed by atoms with E-state index in [1.54, 1.807) is 18.2 Å². The average molecular weight is 334 g/mol. The smallest absolute Gasteiger partial charge is 0.449 e. The Labute approximate surface area is 128 Å². The molecule has 0 fully saturated rings. The summed E-state index contributed by atoms with van der Waals surface area (Å²) in [5.41, 5.74) is 6.60. The Morgan fingerprint density at radius 2 is 1.95 bits per heavy atom. The number of nitrogens with two attached hydrogens (primary N) is 1. The van der Waals surface area contributed by atoms with Crippen LogP contribution in [0.2, 0.25) is 15.1 Å². The summed E-state index contributed by atoms with van der Waals surface area (Å²) in [7, 11) is 0. The van der Waals surface area contributed by atoms with Gasteiger partial charge in [-0.3, -0.25) is 0 Å². The molecule has 0 saturated carbocycles. The fraction of sp³-hybridized carbons (Fsp3) is 0. The molecule has 104 valence electrons. The Hall–Kier alpha value is -1.69. The molecule has 0 atom stereocenters. The normalized spacial score (nSPS) is 10.3. The Bertz CT molecular complexity index is 692. The maximum absolute atomic E-state index is 10.6. The van der Waals surface area contributed by atoms with Gasteiger partial charge in [0.1, 0.15) is 5.02 Å². The summed E-state index contributed by atoms with van der Waals surface area (Å²) in [4.78, 5) is 14.6. The van der Waals surface area contributed by atoms with E-state index in [0.717, 1.165) is 0 Å². The van der Waals surface area contributed by atoms with Crippen molar-refractivity contribution in [3.05, 3.63) is 39.3 Å². The van der Waals surface area contributed by atoms with Crippen LogP contribution in [-0.2, 0) is 0 Å². The molecule has 0 amide bonds. The summed E-state index contributed by atoms with van der Waals surface area (Å²) in [6.45, 7) is 0. The van der Waals surface area contributed by atoms with E-state index < -0.39 is 6.16 Å². The zero-order valence-corrected chi connectivity index (χ0v) is 12.0. The minimum Gasteiger partial charge on any atom is -0.449 e. The number of halogens is 3. The van der Waals surface area contributed by atoms with E-state index in [4.69, 9.17) is 45.6 Å². The molecule has 2 rings (SSSR count). The zero-order valence-electron chi connectivity index (χ0n) is 9.73. The van der Waals surface area contributed by atoms with Gasteiger partial charge in [-0.25, -0.2) is 9.78 Å². The number of nitrogens with zero attached hydrogens (tertiary/aromatic N) is 1. The number of pyridine rings is 1. The standard InChI is InChI=1S/C12H7Cl3N2O3/c13-5-1-2-7(14)6(3-5)9-4-8(16)10(15)11(17-9)20-12(18)19/h1-4H,(H2,16,17)(H,18,19). The van der Waals surface area contributed by atoms with Crippen LogP contribution in [-0.4, -0.2) is 16.2 Å². The summed E-state index contributed by atoms with van der Waals surface area (Å²) >= 11 is 17.8. The van der Waals surface area contributed by atoms with E-state index in [-0.39, 0.29) is 16.6 Å². The summed E-state index contributed by atoms with van der Waals surface area (Å²) in [6, 6.07) is 6.23. The molecule has 0 radical (unpaired) electrons. The average Bonchev–Trinajstić information content (AvgIpc) is 2.37. The first-order chi connectivity index (χ1) is 9.38. The highest BCUT2D eigenvalue weighted by atomic mass is 35.5. The molecule has 0 aliphatic rings. The largest absolute Gasteiger partial charge is 0.512 e. The number of aromatic nitrogens is 1. The van der Waals surface area contributed by atoms with Crippen molar-refractivity contribution in [2.75, 3.05) is 5.73 Å². The molecule has 0 unspecified atom stereocenters. The molecule has 1 heterocycles. The lowest BCUT2D eigenvalue weighted by atomic mass is 10.1. The van der Waals surface area contributed by atoms with Gasteiger partial charge in [0.25, 0.3) is 0 Å². The second-order valence-electron chi connectivity index (χ2n) is 3.71. The van der Waals surface area contributed by atoms with Crippen LogP contribution in [0.3, 0.4) is 0 Å². The third-order valence-corrected chi connectivity index (χ3v) is 3.29. The van der Waals surface area contributed by atoms with Gasteiger partial charge in [-0.05, 0) is 24.3 Å². The molecule has 3 N–H and O–H groups in total. The van der Waals surface area contributed by atoms with Gasteiger partial charge in [0.2, 0.25) is 5.88 Å². The van der Waals surface area contributed by atoms with E-state index in [0.29, 0.717) is 21.3 Å². The Kier molecular flexibility index (Phi) is 4.23. The molecule has 0 aliphatic heterocycles. The van der Waals surface area contributed by atoms with E-state index in [1.807, 2.05) is 0 Å². The van der Waals surface area contributed by atoms with Crippen LogP contribution >= 0.6 is 34.8 Å². The lowest BCUT2D eigenvalue weighted by molar-refractivity contribution is 0.142. The van der Waals surface area contributed by atoms with Gasteiger partial charge in [-0.1, -0.05) is 34.8 Å². The summed E-state index contributed by atoms with van der Waals surface area (Å²) in [6.07, 6.45) is -1.55. The van der Waals surface area contributed by atoms with Crippen LogP contribution in [0.15, 0.2) is 24.3 Å². The quantitative estimate of drug-likeness (QED) is 0.798. The third kappa shape index (κ3) is 3.07. The molecule has 8 heteroatoms. The van der Waals surface area contributed by atoms with Crippen molar-refractivity contribution in [2.45, 2.75) is 0 Å². The predicted octanol–water partition coefficient (Wildman–Crippen LogP) is 4.35. The monoisotopic (exact) mass is 332 g/mol. The van der Waals surface area contributed by atoms with Crippen molar-refractivity contribution in [1.29, 1.82) is 0 Å². The molecule has 5 nitrogen and oxygen atoms in total. The lowest BCUT2D eigenvalue weighted by Gasteiger charge is -2.09. The highest BCUT2D eigenvalue weighted by Gasteiger charge is 2.16. The first-order valence-electron chi connectivity index (χ1n) is 5.20. The van der Waals surface area contributed by atoms with Crippen LogP contribution in [0.1, 0.15) is 0 Å². The fourth-order valence-electron chi connectivity index (χ4n) is 1.51. The topological polar surface area (TPSA) is 85.4 Å². The number of nitrogen functional groups attached to an aromatic ring is 1. The molecule has 1 aromatic carbocycles. The van der Waals surface area contributed by atoms with E-state index in [1.165, 1.54) is 6.07 Å². The first-order valence-corrected chi connectivity index (χ1v) is 6.34. The number of hydrogen-bond acceptors (Lipinski definition) is 4. The van der Waals surface area contributed by atoms with Gasteiger partial charge in [0, 0.05) is 10.6 Å². The summed E-state index contributed by atoms with van der Waals surface area (Å²) in [5.74, 6) is -0.315. The minimum absolute atomic E-state index is 0.0886. The molecule has 1 aromatic heterocycles. The van der Waals surface area contributed by atoms with Crippen molar-refractivity contribution in [3.8, 4) is 17.1 Å². The SMILES string of the molecule is Nc1cc(-c2cc(Cl)ccc2Cl)nc(OC(=O)O)c1Cl. The van der Waals surface area contributed by atoms with Crippen molar-refractivity contribution in [2.24, 2.45) is 0 Å². The second kappa shape index (κ2) is 5.75. The second-order valence-corrected chi connectivity index (χ2v) is 4.93. The van der Waals surface area contributed by atoms with Gasteiger partial charge >= 0.3 is 6.16 Å². The van der Waals surface area contributed by atoms with Gasteiger partial charge in [0.15, 0.2) is 0 Å². The molecule has 2 aromatic rings. The molecule has 0 bridgehead atoms. The van der Waals surface area contributed by atoms with Crippen molar-refractivity contribution >= 4 is 46.6 Å². The molecule has 0 spiro atoms. The maximum Gasteiger partial charge on any atom is 0.512 e. The van der Waals surface area contributed by atoms with E-state index >= 15 is 0 Å². The van der Waals surface area contributed by atoms with Crippen LogP contribution in [0.25, 0.3) is 11.3 Å². The fourth-order valence-corrected chi connectivity index (χ4v) is 2.03. The van der Waals surface area contributed by atoms with E-state index in [2.05, 4.69) is 9.72 Å². The zero-order chi connectivity index (χ0) is 14.9. The molecular weight excluding hydrogens is 327 g/mol. The maximum atomic E-state index is 10.6. The first kappa shape index (κ1) is 14.7. The molecule has 20 heavy (non-hydrogen) atoms. The van der Waals surface area contributed by atoms with Crippen LogP contribution in [0.4, 0.5) is 10.5 Å². The molecular formula is C12H7Cl3N2O3. The highest BCUT2D eigenvalue weighted by Crippen LogP contribution is 2.36. The number of rotatable bonds is 2. The predicted molar refractivity (Wildman–Crippen MR) is 77.8 cm³/mol. The Morgan fingerprint density at radius 3 is 2.60 bits per heavy atom. The Balaban J connectivity index is 2.60. The minimum atomic E-state index is -1.55. The number of carboxylic acid groups (broad SMARTS) is 1. The number of anilines is 1. The molecule has 0 aliphatic carbocycles. The van der Waals surface area contributed by atoms with Gasteiger partial charge < -0.3 is 15.6 Å². The number of ether oxygens (including phenoxy) is 1. The van der Waals surface area contributed by atoms with Crippen molar-refractivity contribution in [3.63, 3.8) is 0 Å². The van der Waals surface area contributed by atoms with Crippen molar-refractivity contribution < 1.29 is 14.6 Å². The summed E-state index contributed by atoms with van der Waals surface area (Å²) < 4.78 is 4.48. The van der Waals surface area contributed by atoms with Gasteiger partial charge in [0.05, 0.1) is 16.4 Å². The third-order valence-electron chi connectivity index (χ3n) is 2.34. The number of carbonyl (C=O) groups is 1.